The minimum Gasteiger partial charge on any atom is -0.493 e. The highest BCUT2D eigenvalue weighted by Crippen LogP contribution is 2.25. The van der Waals surface area contributed by atoms with Crippen molar-refractivity contribution in [2.75, 3.05) is 18.5 Å². The molecule has 0 atom stereocenters. The van der Waals surface area contributed by atoms with E-state index < -0.39 is 0 Å². The average molecular weight is 391 g/mol. The molecular formula is C18H19BrN2O3. The molecule has 0 unspecified atom stereocenters. The zero-order valence-electron chi connectivity index (χ0n) is 13.6. The predicted molar refractivity (Wildman–Crippen MR) is 97.7 cm³/mol. The summed E-state index contributed by atoms with van der Waals surface area (Å²) in [6.45, 7) is 4.67. The van der Waals surface area contributed by atoms with Gasteiger partial charge in [-0.1, -0.05) is 28.1 Å². The van der Waals surface area contributed by atoms with Gasteiger partial charge in [-0.3, -0.25) is 9.59 Å². The third kappa shape index (κ3) is 4.35. The first kappa shape index (κ1) is 18.0. The molecule has 0 aliphatic heterocycles. The number of carbonyl (C=O) groups excluding carboxylic acids is 2. The third-order valence-corrected chi connectivity index (χ3v) is 3.74. The number of para-hydroxylation sites is 1. The molecule has 2 amide bonds. The van der Waals surface area contributed by atoms with Gasteiger partial charge in [-0.25, -0.2) is 0 Å². The first-order valence-corrected chi connectivity index (χ1v) is 8.47. The van der Waals surface area contributed by atoms with Crippen molar-refractivity contribution in [3.63, 3.8) is 0 Å². The van der Waals surface area contributed by atoms with Crippen LogP contribution in [0.15, 0.2) is 46.9 Å². The van der Waals surface area contributed by atoms with Crippen LogP contribution in [-0.2, 0) is 0 Å². The van der Waals surface area contributed by atoms with Gasteiger partial charge in [-0.05, 0) is 44.2 Å². The third-order valence-electron chi connectivity index (χ3n) is 3.24. The molecule has 0 saturated heterocycles. The second-order valence-electron chi connectivity index (χ2n) is 4.93. The highest BCUT2D eigenvalue weighted by molar-refractivity contribution is 9.10. The van der Waals surface area contributed by atoms with Crippen LogP contribution in [0.5, 0.6) is 5.75 Å². The number of nitrogens with one attached hydrogen (secondary N) is 2. The van der Waals surface area contributed by atoms with Crippen molar-refractivity contribution in [3.05, 3.63) is 58.1 Å². The highest BCUT2D eigenvalue weighted by atomic mass is 79.9. The van der Waals surface area contributed by atoms with Crippen LogP contribution >= 0.6 is 15.9 Å². The Labute approximate surface area is 149 Å². The lowest BCUT2D eigenvalue weighted by atomic mass is 10.1. The lowest BCUT2D eigenvalue weighted by Gasteiger charge is -2.13. The maximum Gasteiger partial charge on any atom is 0.259 e. The van der Waals surface area contributed by atoms with Gasteiger partial charge in [0, 0.05) is 11.0 Å². The summed E-state index contributed by atoms with van der Waals surface area (Å²) >= 11 is 3.36. The predicted octanol–water partition coefficient (Wildman–Crippen LogP) is 3.85. The Morgan fingerprint density at radius 3 is 2.50 bits per heavy atom. The molecule has 0 aliphatic rings. The minimum atomic E-state index is -0.337. The van der Waals surface area contributed by atoms with Crippen molar-refractivity contribution in [3.8, 4) is 5.75 Å². The van der Waals surface area contributed by atoms with Gasteiger partial charge >= 0.3 is 0 Å². The Balaban J connectivity index is 2.31. The van der Waals surface area contributed by atoms with Gasteiger partial charge < -0.3 is 15.4 Å². The molecule has 0 spiro atoms. The number of hydrogen-bond donors (Lipinski definition) is 2. The van der Waals surface area contributed by atoms with Crippen molar-refractivity contribution in [2.24, 2.45) is 0 Å². The summed E-state index contributed by atoms with van der Waals surface area (Å²) in [6, 6.07) is 12.1. The maximum atomic E-state index is 12.7. The number of anilines is 1. The molecule has 2 N–H and O–H groups in total. The van der Waals surface area contributed by atoms with Crippen LogP contribution in [0, 0.1) is 0 Å². The molecule has 24 heavy (non-hydrogen) atoms. The number of ether oxygens (including phenoxy) is 1. The molecule has 5 nitrogen and oxygen atoms in total. The SMILES string of the molecule is CCNC(=O)c1ccccc1NC(=O)c1cc(Br)ccc1OCC. The number of benzene rings is 2. The maximum absolute atomic E-state index is 12.7. The fourth-order valence-corrected chi connectivity index (χ4v) is 2.56. The molecule has 0 fully saturated rings. The summed E-state index contributed by atoms with van der Waals surface area (Å²) in [7, 11) is 0. The van der Waals surface area contributed by atoms with Gasteiger partial charge in [-0.15, -0.1) is 0 Å². The monoisotopic (exact) mass is 390 g/mol. The fraction of sp³-hybridized carbons (Fsp3) is 0.222. The van der Waals surface area contributed by atoms with E-state index in [1.807, 2.05) is 19.9 Å². The Morgan fingerprint density at radius 1 is 1.04 bits per heavy atom. The lowest BCUT2D eigenvalue weighted by Crippen LogP contribution is -2.25. The number of carbonyl (C=O) groups is 2. The highest BCUT2D eigenvalue weighted by Gasteiger charge is 2.17. The van der Waals surface area contributed by atoms with E-state index >= 15 is 0 Å². The van der Waals surface area contributed by atoms with Crippen LogP contribution in [0.2, 0.25) is 0 Å². The molecule has 0 aliphatic carbocycles. The van der Waals surface area contributed by atoms with Crippen molar-refractivity contribution in [1.29, 1.82) is 0 Å². The molecule has 0 bridgehead atoms. The lowest BCUT2D eigenvalue weighted by molar-refractivity contribution is 0.0956. The number of hydrogen-bond acceptors (Lipinski definition) is 3. The average Bonchev–Trinajstić information content (AvgIpc) is 2.57. The van der Waals surface area contributed by atoms with Gasteiger partial charge in [0.25, 0.3) is 11.8 Å². The molecule has 2 aromatic rings. The summed E-state index contributed by atoms with van der Waals surface area (Å²) in [5.41, 5.74) is 1.27. The van der Waals surface area contributed by atoms with E-state index in [-0.39, 0.29) is 11.8 Å². The first-order chi connectivity index (χ1) is 11.6. The molecule has 2 aromatic carbocycles. The fourth-order valence-electron chi connectivity index (χ4n) is 2.20. The van der Waals surface area contributed by atoms with Crippen LogP contribution in [0.3, 0.4) is 0 Å². The van der Waals surface area contributed by atoms with Crippen molar-refractivity contribution < 1.29 is 14.3 Å². The number of halogens is 1. The van der Waals surface area contributed by atoms with Gasteiger partial charge in [0.15, 0.2) is 0 Å². The van der Waals surface area contributed by atoms with Gasteiger partial charge in [-0.2, -0.15) is 0 Å². The summed E-state index contributed by atoms with van der Waals surface area (Å²) < 4.78 is 6.28. The summed E-state index contributed by atoms with van der Waals surface area (Å²) in [6.07, 6.45) is 0. The molecule has 126 valence electrons. The van der Waals surface area contributed by atoms with Crippen molar-refractivity contribution in [1.82, 2.24) is 5.32 Å². The second-order valence-corrected chi connectivity index (χ2v) is 5.85. The minimum absolute atomic E-state index is 0.229. The van der Waals surface area contributed by atoms with Crippen molar-refractivity contribution >= 4 is 33.4 Å². The standard InChI is InChI=1S/C18H19BrN2O3/c1-3-20-17(22)13-7-5-6-8-15(13)21-18(23)14-11-12(19)9-10-16(14)24-4-2/h5-11H,3-4H2,1-2H3,(H,20,22)(H,21,23). The van der Waals surface area contributed by atoms with Gasteiger partial charge in [0.05, 0.1) is 23.4 Å². The second kappa shape index (κ2) is 8.49. The van der Waals surface area contributed by atoms with E-state index in [0.717, 1.165) is 4.47 Å². The van der Waals surface area contributed by atoms with Crippen LogP contribution in [0.1, 0.15) is 34.6 Å². The number of amides is 2. The summed E-state index contributed by atoms with van der Waals surface area (Å²) in [5.74, 6) is -0.0714. The van der Waals surface area contributed by atoms with E-state index in [2.05, 4.69) is 26.6 Å². The molecule has 0 heterocycles. The van der Waals surface area contributed by atoms with E-state index in [9.17, 15) is 9.59 Å². The molecule has 0 saturated carbocycles. The van der Waals surface area contributed by atoms with Gasteiger partial charge in [0.2, 0.25) is 0 Å². The van der Waals surface area contributed by atoms with Gasteiger partial charge in [0.1, 0.15) is 5.75 Å². The Hall–Kier alpha value is -2.34. The van der Waals surface area contributed by atoms with Crippen LogP contribution in [-0.4, -0.2) is 25.0 Å². The Morgan fingerprint density at radius 2 is 1.79 bits per heavy atom. The first-order valence-electron chi connectivity index (χ1n) is 7.67. The normalized spacial score (nSPS) is 10.1. The Kier molecular flexibility index (Phi) is 6.37. The van der Waals surface area contributed by atoms with Crippen LogP contribution in [0.25, 0.3) is 0 Å². The summed E-state index contributed by atoms with van der Waals surface area (Å²) in [4.78, 5) is 24.8. The molecule has 6 heteroatoms. The molecule has 0 radical (unpaired) electrons. The summed E-state index contributed by atoms with van der Waals surface area (Å²) in [5, 5.41) is 5.53. The Bertz CT molecular complexity index is 747. The van der Waals surface area contributed by atoms with E-state index in [1.165, 1.54) is 0 Å². The molecule has 2 rings (SSSR count). The van der Waals surface area contributed by atoms with E-state index in [1.54, 1.807) is 36.4 Å². The zero-order chi connectivity index (χ0) is 17.5. The van der Waals surface area contributed by atoms with Crippen LogP contribution < -0.4 is 15.4 Å². The quantitative estimate of drug-likeness (QED) is 0.786. The van der Waals surface area contributed by atoms with E-state index in [4.69, 9.17) is 4.74 Å². The number of rotatable bonds is 6. The molecular weight excluding hydrogens is 372 g/mol. The largest absolute Gasteiger partial charge is 0.493 e. The van der Waals surface area contributed by atoms with E-state index in [0.29, 0.717) is 35.7 Å². The zero-order valence-corrected chi connectivity index (χ0v) is 15.1. The topological polar surface area (TPSA) is 67.4 Å². The van der Waals surface area contributed by atoms with Crippen molar-refractivity contribution in [2.45, 2.75) is 13.8 Å². The van der Waals surface area contributed by atoms with Crippen LogP contribution in [0.4, 0.5) is 5.69 Å². The smallest absolute Gasteiger partial charge is 0.259 e. The molecule has 0 aromatic heterocycles.